The fourth-order valence-electron chi connectivity index (χ4n) is 3.45. The Hall–Kier alpha value is -0.0800. The lowest BCUT2D eigenvalue weighted by molar-refractivity contribution is 0.126. The molecule has 2 aliphatic heterocycles. The van der Waals surface area contributed by atoms with Crippen LogP contribution >= 0.6 is 0 Å². The molecule has 1 saturated carbocycles. The Morgan fingerprint density at radius 1 is 1.00 bits per heavy atom. The third kappa shape index (κ3) is 1.40. The third-order valence-corrected chi connectivity index (χ3v) is 4.14. The maximum absolute atomic E-state index is 3.58. The van der Waals surface area contributed by atoms with Crippen molar-refractivity contribution in [2.45, 2.75) is 56.7 Å². The lowest BCUT2D eigenvalue weighted by Crippen LogP contribution is -2.49. The number of nitrogens with zero attached hydrogens (tertiary/aromatic N) is 1. The summed E-state index contributed by atoms with van der Waals surface area (Å²) in [6.07, 6.45) is 8.82. The molecule has 0 amide bonds. The van der Waals surface area contributed by atoms with Gasteiger partial charge in [-0.25, -0.2) is 0 Å². The average Bonchev–Trinajstić information content (AvgIpc) is 2.80. The van der Waals surface area contributed by atoms with Crippen molar-refractivity contribution in [2.24, 2.45) is 0 Å². The molecule has 74 valence electrons. The zero-order valence-electron chi connectivity index (χ0n) is 8.34. The van der Waals surface area contributed by atoms with Gasteiger partial charge in [0.05, 0.1) is 0 Å². The highest BCUT2D eigenvalue weighted by Gasteiger charge is 2.40. The van der Waals surface area contributed by atoms with Gasteiger partial charge in [0.2, 0.25) is 0 Å². The van der Waals surface area contributed by atoms with Crippen LogP contribution in [0.1, 0.15) is 38.5 Å². The Balaban J connectivity index is 1.65. The zero-order chi connectivity index (χ0) is 8.67. The van der Waals surface area contributed by atoms with E-state index in [1.807, 2.05) is 0 Å². The van der Waals surface area contributed by atoms with E-state index in [0.717, 1.165) is 18.1 Å². The highest BCUT2D eigenvalue weighted by Crippen LogP contribution is 2.31. The summed E-state index contributed by atoms with van der Waals surface area (Å²) in [7, 11) is 0. The Morgan fingerprint density at radius 3 is 2.46 bits per heavy atom. The van der Waals surface area contributed by atoms with Crippen molar-refractivity contribution < 1.29 is 0 Å². The number of hydrogen-bond acceptors (Lipinski definition) is 2. The number of piperazine rings is 1. The van der Waals surface area contributed by atoms with Crippen LogP contribution in [0.2, 0.25) is 0 Å². The first-order valence-electron chi connectivity index (χ1n) is 5.92. The number of rotatable bonds is 1. The first-order valence-corrected chi connectivity index (χ1v) is 5.92. The van der Waals surface area contributed by atoms with Crippen LogP contribution in [0, 0.1) is 0 Å². The van der Waals surface area contributed by atoms with Crippen LogP contribution in [-0.4, -0.2) is 36.1 Å². The van der Waals surface area contributed by atoms with Crippen LogP contribution in [0.4, 0.5) is 0 Å². The highest BCUT2D eigenvalue weighted by molar-refractivity contribution is 5.00. The Bertz CT molecular complexity index is 187. The maximum atomic E-state index is 3.58. The summed E-state index contributed by atoms with van der Waals surface area (Å²) in [4.78, 5) is 2.81. The van der Waals surface area contributed by atoms with Gasteiger partial charge in [0.25, 0.3) is 0 Å². The van der Waals surface area contributed by atoms with E-state index in [0.29, 0.717) is 0 Å². The van der Waals surface area contributed by atoms with E-state index in [1.165, 1.54) is 51.6 Å². The van der Waals surface area contributed by atoms with E-state index < -0.39 is 0 Å². The smallest absolute Gasteiger partial charge is 0.0239 e. The number of likely N-dealkylation sites (tertiary alicyclic amines) is 1. The molecule has 1 aliphatic carbocycles. The molecule has 0 radical (unpaired) electrons. The predicted molar refractivity (Wildman–Crippen MR) is 53.8 cm³/mol. The third-order valence-electron chi connectivity index (χ3n) is 4.14. The van der Waals surface area contributed by atoms with Gasteiger partial charge in [-0.2, -0.15) is 0 Å². The van der Waals surface area contributed by atoms with Crippen LogP contribution in [-0.2, 0) is 0 Å². The Morgan fingerprint density at radius 2 is 1.85 bits per heavy atom. The minimum absolute atomic E-state index is 0.840. The molecule has 0 aromatic carbocycles. The molecule has 13 heavy (non-hydrogen) atoms. The van der Waals surface area contributed by atoms with Gasteiger partial charge in [0.15, 0.2) is 0 Å². The molecule has 2 saturated heterocycles. The van der Waals surface area contributed by atoms with E-state index in [-0.39, 0.29) is 0 Å². The van der Waals surface area contributed by atoms with Crippen LogP contribution in [0.3, 0.4) is 0 Å². The average molecular weight is 180 g/mol. The first-order chi connectivity index (χ1) is 6.43. The summed E-state index contributed by atoms with van der Waals surface area (Å²) in [5.41, 5.74) is 0. The Kier molecular flexibility index (Phi) is 2.06. The summed E-state index contributed by atoms with van der Waals surface area (Å²) in [6.45, 7) is 2.61. The van der Waals surface area contributed by atoms with E-state index in [2.05, 4.69) is 10.2 Å². The SMILES string of the molecule is C1CCC(N2C[C@H]3C[C@@H]2CN3)CC1. The van der Waals surface area contributed by atoms with Gasteiger partial charge in [-0.3, -0.25) is 4.90 Å². The molecule has 0 spiro atoms. The summed E-state index contributed by atoms with van der Waals surface area (Å²) in [5, 5.41) is 3.58. The number of hydrogen-bond donors (Lipinski definition) is 1. The fraction of sp³-hybridized carbons (Fsp3) is 1.00. The van der Waals surface area contributed by atoms with Gasteiger partial charge >= 0.3 is 0 Å². The van der Waals surface area contributed by atoms with Gasteiger partial charge in [-0.05, 0) is 19.3 Å². The second-order valence-corrected chi connectivity index (χ2v) is 4.98. The first kappa shape index (κ1) is 8.25. The lowest BCUT2D eigenvalue weighted by Gasteiger charge is -2.37. The van der Waals surface area contributed by atoms with Crippen molar-refractivity contribution in [2.75, 3.05) is 13.1 Å². The molecule has 0 aromatic rings. The molecule has 3 aliphatic rings. The Labute approximate surface area is 80.7 Å². The van der Waals surface area contributed by atoms with Crippen LogP contribution in [0.15, 0.2) is 0 Å². The second kappa shape index (κ2) is 3.25. The normalized spacial score (nSPS) is 41.5. The van der Waals surface area contributed by atoms with Gasteiger partial charge in [0.1, 0.15) is 0 Å². The topological polar surface area (TPSA) is 15.3 Å². The summed E-state index contributed by atoms with van der Waals surface area (Å²) >= 11 is 0. The predicted octanol–water partition coefficient (Wildman–Crippen LogP) is 1.37. The van der Waals surface area contributed by atoms with Crippen molar-refractivity contribution in [1.29, 1.82) is 0 Å². The summed E-state index contributed by atoms with van der Waals surface area (Å²) in [5.74, 6) is 0. The van der Waals surface area contributed by atoms with Crippen molar-refractivity contribution >= 4 is 0 Å². The van der Waals surface area contributed by atoms with E-state index in [1.54, 1.807) is 0 Å². The minimum Gasteiger partial charge on any atom is -0.311 e. The van der Waals surface area contributed by atoms with Gasteiger partial charge in [-0.1, -0.05) is 19.3 Å². The molecular formula is C11H20N2. The monoisotopic (exact) mass is 180 g/mol. The van der Waals surface area contributed by atoms with E-state index in [4.69, 9.17) is 0 Å². The lowest BCUT2D eigenvalue weighted by atomic mass is 9.93. The molecule has 2 heterocycles. The summed E-state index contributed by atoms with van der Waals surface area (Å²) < 4.78 is 0. The zero-order valence-corrected chi connectivity index (χ0v) is 8.34. The molecule has 2 atom stereocenters. The second-order valence-electron chi connectivity index (χ2n) is 4.98. The molecular weight excluding hydrogens is 160 g/mol. The van der Waals surface area contributed by atoms with Crippen molar-refractivity contribution in [3.8, 4) is 0 Å². The van der Waals surface area contributed by atoms with E-state index >= 15 is 0 Å². The maximum Gasteiger partial charge on any atom is 0.0239 e. The van der Waals surface area contributed by atoms with Gasteiger partial charge in [0, 0.05) is 31.2 Å². The quantitative estimate of drug-likeness (QED) is 0.655. The molecule has 3 rings (SSSR count). The van der Waals surface area contributed by atoms with Crippen molar-refractivity contribution in [3.63, 3.8) is 0 Å². The standard InChI is InChI=1S/C11H20N2/c1-2-4-10(5-3-1)13-8-9-6-11(13)7-12-9/h9-12H,1-8H2/t9-,11-/m1/s1. The number of fused-ring (bicyclic) bond motifs is 2. The van der Waals surface area contributed by atoms with Crippen molar-refractivity contribution in [1.82, 2.24) is 10.2 Å². The number of nitrogens with one attached hydrogen (secondary N) is 1. The van der Waals surface area contributed by atoms with Gasteiger partial charge < -0.3 is 5.32 Å². The van der Waals surface area contributed by atoms with Crippen LogP contribution in [0.25, 0.3) is 0 Å². The molecule has 2 heteroatoms. The molecule has 1 N–H and O–H groups in total. The molecule has 3 fully saturated rings. The fourth-order valence-corrected chi connectivity index (χ4v) is 3.45. The molecule has 2 nitrogen and oxygen atoms in total. The molecule has 0 aromatic heterocycles. The summed E-state index contributed by atoms with van der Waals surface area (Å²) in [6, 6.07) is 2.69. The highest BCUT2D eigenvalue weighted by atomic mass is 15.3. The van der Waals surface area contributed by atoms with Crippen LogP contribution < -0.4 is 5.32 Å². The largest absolute Gasteiger partial charge is 0.311 e. The van der Waals surface area contributed by atoms with Gasteiger partial charge in [-0.15, -0.1) is 0 Å². The van der Waals surface area contributed by atoms with E-state index in [9.17, 15) is 0 Å². The van der Waals surface area contributed by atoms with Crippen molar-refractivity contribution in [3.05, 3.63) is 0 Å². The minimum atomic E-state index is 0.840. The molecule has 0 unspecified atom stereocenters. The van der Waals surface area contributed by atoms with Crippen LogP contribution in [0.5, 0.6) is 0 Å². The molecule has 2 bridgehead atoms.